The van der Waals surface area contributed by atoms with Gasteiger partial charge in [0.2, 0.25) is 5.91 Å². The Morgan fingerprint density at radius 1 is 1.00 bits per heavy atom. The standard InChI is InChI=1S/C30H31F6N3O3/c1-18-7-5-6-8-23(18)24-14-26(39-9-10-42-17-22(39)16-40)37-15-25(24)38(4)27(41)28(2,3)19-11-20(29(31,32)33)13-21(12-19)30(34,35)36/h5-8,11-15,22,40H,9-10,16-17H2,1-4H3. The van der Waals surface area contributed by atoms with E-state index in [1.54, 1.807) is 6.07 Å². The monoisotopic (exact) mass is 595 g/mol. The molecule has 1 fully saturated rings. The molecule has 1 aliphatic heterocycles. The van der Waals surface area contributed by atoms with Crippen molar-refractivity contribution in [2.75, 3.05) is 43.2 Å². The van der Waals surface area contributed by atoms with Crippen molar-refractivity contribution in [3.63, 3.8) is 0 Å². The molecule has 12 heteroatoms. The molecule has 226 valence electrons. The van der Waals surface area contributed by atoms with Gasteiger partial charge in [-0.1, -0.05) is 24.3 Å². The summed E-state index contributed by atoms with van der Waals surface area (Å²) in [5.74, 6) is -0.217. The average Bonchev–Trinajstić information content (AvgIpc) is 2.95. The van der Waals surface area contributed by atoms with Crippen LogP contribution in [0.5, 0.6) is 0 Å². The molecule has 0 saturated carbocycles. The van der Waals surface area contributed by atoms with Gasteiger partial charge in [-0.15, -0.1) is 0 Å². The maximum absolute atomic E-state index is 13.9. The van der Waals surface area contributed by atoms with Gasteiger partial charge in [-0.2, -0.15) is 26.3 Å². The van der Waals surface area contributed by atoms with Crippen molar-refractivity contribution in [3.05, 3.63) is 77.0 Å². The Hall–Kier alpha value is -3.64. The molecule has 0 aliphatic carbocycles. The van der Waals surface area contributed by atoms with Crippen LogP contribution in [0.4, 0.5) is 37.8 Å². The molecule has 1 aromatic heterocycles. The number of benzene rings is 2. The van der Waals surface area contributed by atoms with E-state index in [1.165, 1.54) is 32.0 Å². The summed E-state index contributed by atoms with van der Waals surface area (Å²) in [5.41, 5.74) is -2.70. The number of likely N-dealkylation sites (N-methyl/N-ethyl adjacent to an activating group) is 1. The molecule has 1 saturated heterocycles. The minimum absolute atomic E-state index is 0.0397. The van der Waals surface area contributed by atoms with Crippen molar-refractivity contribution in [2.24, 2.45) is 0 Å². The van der Waals surface area contributed by atoms with E-state index in [2.05, 4.69) is 4.98 Å². The van der Waals surface area contributed by atoms with E-state index in [1.807, 2.05) is 36.1 Å². The summed E-state index contributed by atoms with van der Waals surface area (Å²) in [5, 5.41) is 9.86. The highest BCUT2D eigenvalue weighted by molar-refractivity contribution is 6.03. The first kappa shape index (κ1) is 31.3. The third kappa shape index (κ3) is 6.24. The van der Waals surface area contributed by atoms with Crippen LogP contribution < -0.4 is 9.80 Å². The SMILES string of the molecule is Cc1ccccc1-c1cc(N2CCOCC2CO)ncc1N(C)C(=O)C(C)(C)c1cc(C(F)(F)F)cc(C(F)(F)F)c1. The number of amides is 1. The lowest BCUT2D eigenvalue weighted by molar-refractivity contribution is -0.143. The number of ether oxygens (including phenoxy) is 1. The highest BCUT2D eigenvalue weighted by Gasteiger charge is 2.41. The van der Waals surface area contributed by atoms with Crippen molar-refractivity contribution in [1.82, 2.24) is 4.98 Å². The van der Waals surface area contributed by atoms with E-state index in [0.717, 1.165) is 11.1 Å². The van der Waals surface area contributed by atoms with Crippen LogP contribution in [0.25, 0.3) is 11.1 Å². The number of pyridine rings is 1. The number of carbonyl (C=O) groups excluding carboxylic acids is 1. The summed E-state index contributed by atoms with van der Waals surface area (Å²) in [4.78, 5) is 21.5. The number of nitrogens with zero attached hydrogens (tertiary/aromatic N) is 3. The van der Waals surface area contributed by atoms with Gasteiger partial charge in [-0.25, -0.2) is 4.98 Å². The topological polar surface area (TPSA) is 65.9 Å². The van der Waals surface area contributed by atoms with Crippen LogP contribution in [-0.2, 0) is 27.3 Å². The molecule has 1 aliphatic rings. The van der Waals surface area contributed by atoms with Crippen LogP contribution in [-0.4, -0.2) is 55.5 Å². The third-order valence-electron chi connectivity index (χ3n) is 7.55. The van der Waals surface area contributed by atoms with Crippen LogP contribution in [0.3, 0.4) is 0 Å². The number of anilines is 2. The number of morpholine rings is 1. The smallest absolute Gasteiger partial charge is 0.394 e. The Kier molecular flexibility index (Phi) is 8.62. The number of aliphatic hydroxyl groups is 1. The molecule has 3 aromatic rings. The van der Waals surface area contributed by atoms with Gasteiger partial charge in [0.15, 0.2) is 0 Å². The molecule has 1 atom stereocenters. The number of aryl methyl sites for hydroxylation is 1. The van der Waals surface area contributed by atoms with Crippen molar-refractivity contribution >= 4 is 17.4 Å². The Labute approximate surface area is 239 Å². The zero-order valence-corrected chi connectivity index (χ0v) is 23.5. The fraction of sp³-hybridized carbons (Fsp3) is 0.400. The largest absolute Gasteiger partial charge is 0.416 e. The molecular formula is C30H31F6N3O3. The number of alkyl halides is 6. The Morgan fingerprint density at radius 3 is 2.17 bits per heavy atom. The van der Waals surface area contributed by atoms with Gasteiger partial charge in [-0.3, -0.25) is 4.79 Å². The summed E-state index contributed by atoms with van der Waals surface area (Å²) < 4.78 is 86.9. The zero-order chi connectivity index (χ0) is 31.0. The summed E-state index contributed by atoms with van der Waals surface area (Å²) in [6.45, 7) is 5.45. The predicted octanol–water partition coefficient (Wildman–Crippen LogP) is 6.23. The molecule has 0 bridgehead atoms. The molecule has 1 amide bonds. The number of carbonyl (C=O) groups is 1. The van der Waals surface area contributed by atoms with Gasteiger partial charge < -0.3 is 19.6 Å². The van der Waals surface area contributed by atoms with Crippen LogP contribution in [0.2, 0.25) is 0 Å². The lowest BCUT2D eigenvalue weighted by Crippen LogP contribution is -2.48. The number of hydrogen-bond donors (Lipinski definition) is 1. The van der Waals surface area contributed by atoms with E-state index in [9.17, 15) is 36.2 Å². The molecule has 2 heterocycles. The van der Waals surface area contributed by atoms with E-state index in [-0.39, 0.29) is 18.7 Å². The van der Waals surface area contributed by atoms with Crippen molar-refractivity contribution in [2.45, 2.75) is 44.6 Å². The van der Waals surface area contributed by atoms with Crippen LogP contribution in [0, 0.1) is 6.92 Å². The molecular weight excluding hydrogens is 564 g/mol. The second-order valence-electron chi connectivity index (χ2n) is 10.8. The molecule has 0 radical (unpaired) electrons. The Bertz CT molecular complexity index is 1420. The van der Waals surface area contributed by atoms with Gasteiger partial charge in [0.25, 0.3) is 0 Å². The van der Waals surface area contributed by atoms with Gasteiger partial charge in [0, 0.05) is 19.2 Å². The molecule has 42 heavy (non-hydrogen) atoms. The van der Waals surface area contributed by atoms with Gasteiger partial charge in [-0.05, 0) is 61.7 Å². The Morgan fingerprint density at radius 2 is 1.60 bits per heavy atom. The molecule has 4 rings (SSSR count). The van der Waals surface area contributed by atoms with Gasteiger partial charge in [0.1, 0.15) is 5.82 Å². The van der Waals surface area contributed by atoms with Gasteiger partial charge >= 0.3 is 12.4 Å². The second kappa shape index (κ2) is 11.6. The molecule has 0 spiro atoms. The van der Waals surface area contributed by atoms with Crippen LogP contribution in [0.15, 0.2) is 54.7 Å². The summed E-state index contributed by atoms with van der Waals surface area (Å²) >= 11 is 0. The van der Waals surface area contributed by atoms with E-state index < -0.39 is 40.4 Å². The number of hydrogen-bond acceptors (Lipinski definition) is 5. The van der Waals surface area contributed by atoms with Crippen molar-refractivity contribution in [1.29, 1.82) is 0 Å². The maximum atomic E-state index is 13.9. The predicted molar refractivity (Wildman–Crippen MR) is 146 cm³/mol. The minimum atomic E-state index is -5.05. The first-order valence-corrected chi connectivity index (χ1v) is 13.1. The molecule has 1 unspecified atom stereocenters. The summed E-state index contributed by atoms with van der Waals surface area (Å²) in [6.07, 6.45) is -8.66. The number of halogens is 6. The van der Waals surface area contributed by atoms with Crippen LogP contribution in [0.1, 0.15) is 36.1 Å². The number of rotatable bonds is 6. The van der Waals surface area contributed by atoms with E-state index in [4.69, 9.17) is 4.74 Å². The highest BCUT2D eigenvalue weighted by Crippen LogP contribution is 2.41. The molecule has 6 nitrogen and oxygen atoms in total. The number of aliphatic hydroxyl groups excluding tert-OH is 1. The first-order valence-electron chi connectivity index (χ1n) is 13.1. The highest BCUT2D eigenvalue weighted by atomic mass is 19.4. The lowest BCUT2D eigenvalue weighted by Gasteiger charge is -2.36. The molecule has 1 N–H and O–H groups in total. The fourth-order valence-corrected chi connectivity index (χ4v) is 5.03. The molecule has 2 aromatic carbocycles. The zero-order valence-electron chi connectivity index (χ0n) is 23.5. The lowest BCUT2D eigenvalue weighted by atomic mass is 9.81. The Balaban J connectivity index is 1.82. The van der Waals surface area contributed by atoms with E-state index >= 15 is 0 Å². The summed E-state index contributed by atoms with van der Waals surface area (Å²) in [6, 6.07) is 9.98. The fourth-order valence-electron chi connectivity index (χ4n) is 5.03. The van der Waals surface area contributed by atoms with Gasteiger partial charge in [0.05, 0.1) is 54.3 Å². The second-order valence-corrected chi connectivity index (χ2v) is 10.8. The minimum Gasteiger partial charge on any atom is -0.394 e. The number of aromatic nitrogens is 1. The van der Waals surface area contributed by atoms with Crippen LogP contribution >= 0.6 is 0 Å². The average molecular weight is 596 g/mol. The quantitative estimate of drug-likeness (QED) is 0.342. The summed E-state index contributed by atoms with van der Waals surface area (Å²) in [7, 11) is 1.41. The van der Waals surface area contributed by atoms with Crippen molar-refractivity contribution in [3.8, 4) is 11.1 Å². The van der Waals surface area contributed by atoms with E-state index in [0.29, 0.717) is 49.0 Å². The van der Waals surface area contributed by atoms with Crippen molar-refractivity contribution < 1.29 is 41.0 Å². The normalized spacial score (nSPS) is 16.5. The first-order chi connectivity index (χ1) is 19.6. The third-order valence-corrected chi connectivity index (χ3v) is 7.55. The maximum Gasteiger partial charge on any atom is 0.416 e.